The van der Waals surface area contributed by atoms with Crippen LogP contribution in [-0.2, 0) is 4.79 Å². The third-order valence-electron chi connectivity index (χ3n) is 3.09. The van der Waals surface area contributed by atoms with E-state index in [1.807, 2.05) is 19.1 Å². The fourth-order valence-electron chi connectivity index (χ4n) is 1.89. The lowest BCUT2D eigenvalue weighted by Crippen LogP contribution is -2.35. The molecule has 2 amide bonds. The number of H-pyrrole nitrogens is 1. The number of nitrogens with one attached hydrogen (secondary N) is 2. The number of rotatable bonds is 5. The smallest absolute Gasteiger partial charge is 0.319 e. The molecule has 1 aromatic heterocycles. The Bertz CT molecular complexity index is 738. The van der Waals surface area contributed by atoms with Crippen molar-refractivity contribution in [3.63, 3.8) is 0 Å². The minimum Gasteiger partial charge on any atom is -0.331 e. The van der Waals surface area contributed by atoms with Crippen LogP contribution in [0.3, 0.4) is 0 Å². The van der Waals surface area contributed by atoms with Gasteiger partial charge in [0.1, 0.15) is 6.20 Å². The van der Waals surface area contributed by atoms with Crippen LogP contribution in [0.1, 0.15) is 16.1 Å². The minimum absolute atomic E-state index is 0.247. The van der Waals surface area contributed by atoms with Crippen LogP contribution in [0, 0.1) is 17.0 Å². The zero-order valence-corrected chi connectivity index (χ0v) is 12.6. The Hall–Kier alpha value is -3.23. The number of anilines is 1. The van der Waals surface area contributed by atoms with E-state index < -0.39 is 22.4 Å². The summed E-state index contributed by atoms with van der Waals surface area (Å²) in [5, 5.41) is 19.2. The number of likely N-dealkylation sites (N-methyl/N-ethyl adjacent to an activating group) is 1. The molecule has 1 heterocycles. The molecule has 0 unspecified atom stereocenters. The number of aromatic amines is 1. The number of carbonyl (C=O) groups is 2. The van der Waals surface area contributed by atoms with Crippen molar-refractivity contribution >= 4 is 23.2 Å². The number of amides is 2. The normalized spacial score (nSPS) is 10.2. The Balaban J connectivity index is 2.00. The van der Waals surface area contributed by atoms with E-state index in [0.29, 0.717) is 5.69 Å². The number of carbonyl (C=O) groups excluding carboxylic acids is 2. The lowest BCUT2D eigenvalue weighted by molar-refractivity contribution is -0.385. The molecule has 0 aliphatic heterocycles. The van der Waals surface area contributed by atoms with Crippen molar-refractivity contribution in [1.29, 1.82) is 0 Å². The van der Waals surface area contributed by atoms with Gasteiger partial charge in [0.15, 0.2) is 0 Å². The Morgan fingerprint density at radius 2 is 2.00 bits per heavy atom. The van der Waals surface area contributed by atoms with Crippen LogP contribution in [0.5, 0.6) is 0 Å². The number of hydrogen-bond donors (Lipinski definition) is 2. The summed E-state index contributed by atoms with van der Waals surface area (Å²) >= 11 is 0. The summed E-state index contributed by atoms with van der Waals surface area (Å²) in [6.45, 7) is 1.68. The van der Waals surface area contributed by atoms with Gasteiger partial charge in [-0.1, -0.05) is 17.7 Å². The van der Waals surface area contributed by atoms with Crippen molar-refractivity contribution in [2.45, 2.75) is 6.92 Å². The van der Waals surface area contributed by atoms with E-state index in [1.165, 1.54) is 7.05 Å². The van der Waals surface area contributed by atoms with Gasteiger partial charge in [-0.3, -0.25) is 24.8 Å². The van der Waals surface area contributed by atoms with Gasteiger partial charge in [-0.25, -0.2) is 0 Å². The molecule has 0 saturated heterocycles. The number of nitrogens with zero attached hydrogens (tertiary/aromatic N) is 3. The number of nitro groups is 1. The summed E-state index contributed by atoms with van der Waals surface area (Å²) in [6, 6.07) is 7.18. The largest absolute Gasteiger partial charge is 0.331 e. The van der Waals surface area contributed by atoms with Crippen LogP contribution < -0.4 is 5.32 Å². The predicted molar refractivity (Wildman–Crippen MR) is 82.0 cm³/mol. The van der Waals surface area contributed by atoms with Crippen molar-refractivity contribution in [2.24, 2.45) is 0 Å². The number of hydrogen-bond acceptors (Lipinski definition) is 5. The zero-order valence-electron chi connectivity index (χ0n) is 12.6. The molecule has 120 valence electrons. The first-order valence-electron chi connectivity index (χ1n) is 6.68. The van der Waals surface area contributed by atoms with Gasteiger partial charge in [0.25, 0.3) is 5.91 Å². The van der Waals surface area contributed by atoms with Crippen LogP contribution in [0.4, 0.5) is 11.4 Å². The molecule has 0 atom stereocenters. The first-order valence-corrected chi connectivity index (χ1v) is 6.68. The summed E-state index contributed by atoms with van der Waals surface area (Å²) < 4.78 is 0. The van der Waals surface area contributed by atoms with Crippen LogP contribution in [0.2, 0.25) is 0 Å². The van der Waals surface area contributed by atoms with E-state index in [1.54, 1.807) is 12.1 Å². The second-order valence-electron chi connectivity index (χ2n) is 4.96. The molecule has 0 aliphatic rings. The Kier molecular flexibility index (Phi) is 4.69. The molecule has 2 aromatic rings. The predicted octanol–water partition coefficient (Wildman–Crippen LogP) is 1.34. The molecule has 0 bridgehead atoms. The highest BCUT2D eigenvalue weighted by atomic mass is 16.6. The van der Waals surface area contributed by atoms with Crippen LogP contribution in [0.25, 0.3) is 0 Å². The molecular formula is C14H15N5O4. The van der Waals surface area contributed by atoms with Gasteiger partial charge in [0.2, 0.25) is 11.6 Å². The van der Waals surface area contributed by atoms with Gasteiger partial charge >= 0.3 is 5.69 Å². The van der Waals surface area contributed by atoms with Crippen molar-refractivity contribution in [2.75, 3.05) is 18.9 Å². The molecule has 2 rings (SSSR count). The third kappa shape index (κ3) is 3.90. The Morgan fingerprint density at radius 3 is 2.61 bits per heavy atom. The number of benzene rings is 1. The highest BCUT2D eigenvalue weighted by molar-refractivity contribution is 6.00. The maximum atomic E-state index is 12.1. The highest BCUT2D eigenvalue weighted by Crippen LogP contribution is 2.16. The fourth-order valence-corrected chi connectivity index (χ4v) is 1.89. The van der Waals surface area contributed by atoms with E-state index in [-0.39, 0.29) is 12.2 Å². The van der Waals surface area contributed by atoms with Crippen molar-refractivity contribution in [3.05, 3.63) is 51.8 Å². The summed E-state index contributed by atoms with van der Waals surface area (Å²) in [4.78, 5) is 35.2. The molecule has 9 nitrogen and oxygen atoms in total. The van der Waals surface area contributed by atoms with Crippen LogP contribution in [-0.4, -0.2) is 45.4 Å². The maximum Gasteiger partial charge on any atom is 0.319 e. The summed E-state index contributed by atoms with van der Waals surface area (Å²) in [5.74, 6) is -1.10. The van der Waals surface area contributed by atoms with Gasteiger partial charge in [-0.15, -0.1) is 0 Å². The fraction of sp³-hybridized carbons (Fsp3) is 0.214. The van der Waals surface area contributed by atoms with Gasteiger partial charge in [0, 0.05) is 12.7 Å². The SMILES string of the molecule is Cc1ccc(NC(=O)CN(C)C(=O)c2[nH]ncc2[N+](=O)[O-])cc1. The second kappa shape index (κ2) is 6.69. The maximum absolute atomic E-state index is 12.1. The van der Waals surface area contributed by atoms with Crippen LogP contribution in [0.15, 0.2) is 30.5 Å². The van der Waals surface area contributed by atoms with Crippen molar-refractivity contribution in [3.8, 4) is 0 Å². The zero-order chi connectivity index (χ0) is 17.0. The third-order valence-corrected chi connectivity index (χ3v) is 3.09. The van der Waals surface area contributed by atoms with Crippen molar-refractivity contribution in [1.82, 2.24) is 15.1 Å². The Morgan fingerprint density at radius 1 is 1.35 bits per heavy atom. The standard InChI is InChI=1S/C14H15N5O4/c1-9-3-5-10(6-4-9)16-12(20)8-18(2)14(21)13-11(19(22)23)7-15-17-13/h3-7H,8H2,1-2H3,(H,15,17)(H,16,20). The monoisotopic (exact) mass is 317 g/mol. The van der Waals surface area contributed by atoms with Crippen LogP contribution >= 0.6 is 0 Å². The lowest BCUT2D eigenvalue weighted by Gasteiger charge is -2.15. The molecule has 1 aromatic carbocycles. The first kappa shape index (κ1) is 16.1. The quantitative estimate of drug-likeness (QED) is 0.636. The summed E-state index contributed by atoms with van der Waals surface area (Å²) in [6.07, 6.45) is 0.952. The molecule has 0 saturated carbocycles. The van der Waals surface area contributed by atoms with Gasteiger partial charge in [-0.2, -0.15) is 5.10 Å². The number of aromatic nitrogens is 2. The van der Waals surface area contributed by atoms with E-state index in [0.717, 1.165) is 16.7 Å². The minimum atomic E-state index is -0.711. The molecule has 0 spiro atoms. The second-order valence-corrected chi connectivity index (χ2v) is 4.96. The average molecular weight is 317 g/mol. The van der Waals surface area contributed by atoms with E-state index in [4.69, 9.17) is 0 Å². The van der Waals surface area contributed by atoms with E-state index in [9.17, 15) is 19.7 Å². The molecule has 0 radical (unpaired) electrons. The molecule has 0 aliphatic carbocycles. The number of aryl methyl sites for hydroxylation is 1. The topological polar surface area (TPSA) is 121 Å². The lowest BCUT2D eigenvalue weighted by atomic mass is 10.2. The first-order chi connectivity index (χ1) is 10.9. The molecule has 0 fully saturated rings. The van der Waals surface area contributed by atoms with Crippen molar-refractivity contribution < 1.29 is 14.5 Å². The highest BCUT2D eigenvalue weighted by Gasteiger charge is 2.26. The molecular weight excluding hydrogens is 302 g/mol. The molecule has 23 heavy (non-hydrogen) atoms. The molecule has 9 heteroatoms. The van der Waals surface area contributed by atoms with Gasteiger partial charge in [-0.05, 0) is 19.1 Å². The van der Waals surface area contributed by atoms with E-state index >= 15 is 0 Å². The van der Waals surface area contributed by atoms with Gasteiger partial charge in [0.05, 0.1) is 11.5 Å². The Labute approximate surface area is 131 Å². The molecule has 2 N–H and O–H groups in total. The summed E-state index contributed by atoms with van der Waals surface area (Å²) in [5.41, 5.74) is 0.970. The summed E-state index contributed by atoms with van der Waals surface area (Å²) in [7, 11) is 1.38. The van der Waals surface area contributed by atoms with E-state index in [2.05, 4.69) is 15.5 Å². The van der Waals surface area contributed by atoms with Gasteiger partial charge < -0.3 is 10.2 Å². The average Bonchev–Trinajstić information content (AvgIpc) is 2.98.